The molecule has 0 spiro atoms. The van der Waals surface area contributed by atoms with Crippen LogP contribution in [0.1, 0.15) is 26.7 Å². The highest BCUT2D eigenvalue weighted by Gasteiger charge is 2.14. The Bertz CT molecular complexity index is 255. The number of hydrogen-bond donors (Lipinski definition) is 1. The summed E-state index contributed by atoms with van der Waals surface area (Å²) >= 11 is 2.31. The average molecular weight is 333 g/mol. The van der Waals surface area contributed by atoms with Crippen LogP contribution < -0.4 is 5.32 Å². The van der Waals surface area contributed by atoms with Gasteiger partial charge in [0.1, 0.15) is 0 Å². The van der Waals surface area contributed by atoms with Crippen LogP contribution in [0.25, 0.3) is 0 Å². The number of nitrogens with one attached hydrogen (secondary N) is 1. The van der Waals surface area contributed by atoms with Gasteiger partial charge in [0.2, 0.25) is 0 Å². The predicted octanol–water partition coefficient (Wildman–Crippen LogP) is 4.32. The molecule has 1 nitrogen and oxygen atoms in total. The van der Waals surface area contributed by atoms with E-state index in [-0.39, 0.29) is 0 Å². The fourth-order valence-electron chi connectivity index (χ4n) is 1.91. The van der Waals surface area contributed by atoms with Crippen LogP contribution in [-0.2, 0) is 0 Å². The first kappa shape index (κ1) is 15.9. The summed E-state index contributed by atoms with van der Waals surface area (Å²) in [6.07, 6.45) is 6.34. The van der Waals surface area contributed by atoms with E-state index in [1.165, 1.54) is 15.6 Å². The van der Waals surface area contributed by atoms with E-state index in [4.69, 9.17) is 0 Å². The normalized spacial score (nSPS) is 15.6. The van der Waals surface area contributed by atoms with Gasteiger partial charge in [-0.25, -0.2) is 0 Å². The summed E-state index contributed by atoms with van der Waals surface area (Å²) in [5, 5.41) is 3.23. The topological polar surface area (TPSA) is 12.0 Å². The van der Waals surface area contributed by atoms with Gasteiger partial charge in [0.25, 0.3) is 0 Å². The second kappa shape index (κ2) is 8.99. The summed E-state index contributed by atoms with van der Waals surface area (Å²) in [5.74, 6) is 1.17. The predicted molar refractivity (Wildman–Crippen MR) is 82.9 cm³/mol. The number of hydrogen-bond acceptors (Lipinski definition) is 1. The van der Waals surface area contributed by atoms with E-state index in [9.17, 15) is 0 Å². The molecular weight excluding hydrogens is 309 g/mol. The molecule has 2 unspecified atom stereocenters. The van der Waals surface area contributed by atoms with Crippen molar-refractivity contribution >= 4 is 22.6 Å². The number of rotatable bonds is 8. The zero-order valence-electron chi connectivity index (χ0n) is 10.7. The lowest BCUT2D eigenvalue weighted by atomic mass is 9.86. The van der Waals surface area contributed by atoms with Gasteiger partial charge in [-0.1, -0.05) is 44.7 Å². The van der Waals surface area contributed by atoms with Gasteiger partial charge in [-0.2, -0.15) is 0 Å². The summed E-state index contributed by atoms with van der Waals surface area (Å²) in [6.45, 7) is 13.3. The third-order valence-electron chi connectivity index (χ3n) is 2.81. The van der Waals surface area contributed by atoms with E-state index in [0.717, 1.165) is 13.0 Å². The standard InChI is InChI=1S/C14H24IN/c1-6-7-14(12(3)10-16-5)11(2)8-9-13(4)15/h6-7,11-12,16H,1,4,8-10H2,2-3,5H3/b14-7-. The molecule has 0 heterocycles. The minimum atomic E-state index is 0.570. The molecule has 92 valence electrons. The SMILES string of the molecule is C=C/C=C(/C(C)CCC(=C)I)C(C)CNC. The van der Waals surface area contributed by atoms with E-state index in [2.05, 4.69) is 61.0 Å². The molecule has 1 N–H and O–H groups in total. The van der Waals surface area contributed by atoms with Gasteiger partial charge >= 0.3 is 0 Å². The van der Waals surface area contributed by atoms with Crippen molar-refractivity contribution in [2.75, 3.05) is 13.6 Å². The molecule has 0 saturated heterocycles. The van der Waals surface area contributed by atoms with E-state index in [1.54, 1.807) is 0 Å². The largest absolute Gasteiger partial charge is 0.319 e. The maximum absolute atomic E-state index is 3.95. The highest BCUT2D eigenvalue weighted by Crippen LogP contribution is 2.26. The highest BCUT2D eigenvalue weighted by atomic mass is 127. The van der Waals surface area contributed by atoms with Crippen LogP contribution >= 0.6 is 22.6 Å². The van der Waals surface area contributed by atoms with Gasteiger partial charge < -0.3 is 5.32 Å². The minimum absolute atomic E-state index is 0.570. The Hall–Kier alpha value is -0.0900. The molecule has 0 amide bonds. The molecule has 0 fully saturated rings. The lowest BCUT2D eigenvalue weighted by Gasteiger charge is -2.22. The second-order valence-corrected chi connectivity index (χ2v) is 5.84. The van der Waals surface area contributed by atoms with Crippen molar-refractivity contribution < 1.29 is 0 Å². The summed E-state index contributed by atoms with van der Waals surface area (Å²) in [4.78, 5) is 0. The Kier molecular flexibility index (Phi) is 8.94. The summed E-state index contributed by atoms with van der Waals surface area (Å²) in [6, 6.07) is 0. The zero-order valence-corrected chi connectivity index (χ0v) is 12.9. The van der Waals surface area contributed by atoms with Crippen molar-refractivity contribution in [3.05, 3.63) is 34.5 Å². The van der Waals surface area contributed by atoms with Crippen molar-refractivity contribution in [1.29, 1.82) is 0 Å². The van der Waals surface area contributed by atoms with Gasteiger partial charge in [-0.3, -0.25) is 0 Å². The molecular formula is C14H24IN. The Morgan fingerprint density at radius 1 is 1.38 bits per heavy atom. The molecule has 0 radical (unpaired) electrons. The van der Waals surface area contributed by atoms with E-state index in [0.29, 0.717) is 11.8 Å². The third-order valence-corrected chi connectivity index (χ3v) is 3.35. The van der Waals surface area contributed by atoms with Gasteiger partial charge in [-0.05, 0) is 57.9 Å². The van der Waals surface area contributed by atoms with Gasteiger partial charge in [0.05, 0.1) is 0 Å². The van der Waals surface area contributed by atoms with Crippen LogP contribution in [0.2, 0.25) is 0 Å². The molecule has 0 aliphatic rings. The van der Waals surface area contributed by atoms with Crippen LogP contribution in [0.4, 0.5) is 0 Å². The summed E-state index contributed by atoms with van der Waals surface area (Å²) in [7, 11) is 2.00. The summed E-state index contributed by atoms with van der Waals surface area (Å²) < 4.78 is 1.24. The number of allylic oxidation sites excluding steroid dienone is 3. The Morgan fingerprint density at radius 3 is 2.44 bits per heavy atom. The minimum Gasteiger partial charge on any atom is -0.319 e. The Morgan fingerprint density at radius 2 is 2.00 bits per heavy atom. The molecule has 2 atom stereocenters. The lowest BCUT2D eigenvalue weighted by Crippen LogP contribution is -2.21. The van der Waals surface area contributed by atoms with Crippen molar-refractivity contribution in [3.8, 4) is 0 Å². The first-order valence-electron chi connectivity index (χ1n) is 5.83. The van der Waals surface area contributed by atoms with Gasteiger partial charge in [0.15, 0.2) is 0 Å². The molecule has 0 aromatic heterocycles. The third kappa shape index (κ3) is 6.48. The highest BCUT2D eigenvalue weighted by molar-refractivity contribution is 14.1. The van der Waals surface area contributed by atoms with Crippen molar-refractivity contribution in [2.45, 2.75) is 26.7 Å². The van der Waals surface area contributed by atoms with Crippen molar-refractivity contribution in [3.63, 3.8) is 0 Å². The molecule has 0 aliphatic heterocycles. The molecule has 0 rings (SSSR count). The van der Waals surface area contributed by atoms with Crippen molar-refractivity contribution in [1.82, 2.24) is 5.32 Å². The van der Waals surface area contributed by atoms with E-state index < -0.39 is 0 Å². The van der Waals surface area contributed by atoms with E-state index in [1.807, 2.05) is 13.1 Å². The van der Waals surface area contributed by atoms with Crippen LogP contribution in [0.3, 0.4) is 0 Å². The average Bonchev–Trinajstić information content (AvgIpc) is 2.22. The zero-order chi connectivity index (χ0) is 12.6. The molecule has 0 bridgehead atoms. The molecule has 16 heavy (non-hydrogen) atoms. The summed E-state index contributed by atoms with van der Waals surface area (Å²) in [5.41, 5.74) is 1.49. The monoisotopic (exact) mass is 333 g/mol. The fourth-order valence-corrected chi connectivity index (χ4v) is 2.23. The number of halogens is 1. The Balaban J connectivity index is 4.46. The maximum atomic E-state index is 3.95. The smallest absolute Gasteiger partial charge is 0.00114 e. The molecule has 0 saturated carbocycles. The van der Waals surface area contributed by atoms with Crippen LogP contribution in [0.5, 0.6) is 0 Å². The maximum Gasteiger partial charge on any atom is 0.00114 e. The second-order valence-electron chi connectivity index (χ2n) is 4.32. The van der Waals surface area contributed by atoms with Crippen LogP contribution in [0.15, 0.2) is 34.5 Å². The first-order chi connectivity index (χ1) is 7.52. The molecule has 0 aliphatic carbocycles. The molecule has 0 aromatic rings. The fraction of sp³-hybridized carbons (Fsp3) is 0.571. The Labute approximate surface area is 114 Å². The van der Waals surface area contributed by atoms with Gasteiger partial charge in [0, 0.05) is 6.54 Å². The van der Waals surface area contributed by atoms with Gasteiger partial charge in [-0.15, -0.1) is 0 Å². The van der Waals surface area contributed by atoms with Crippen molar-refractivity contribution in [2.24, 2.45) is 11.8 Å². The first-order valence-corrected chi connectivity index (χ1v) is 6.91. The molecule has 0 aromatic carbocycles. The van der Waals surface area contributed by atoms with E-state index >= 15 is 0 Å². The van der Waals surface area contributed by atoms with Crippen LogP contribution in [-0.4, -0.2) is 13.6 Å². The molecule has 2 heteroatoms. The quantitative estimate of drug-likeness (QED) is 0.515. The van der Waals surface area contributed by atoms with Crippen LogP contribution in [0, 0.1) is 11.8 Å². The lowest BCUT2D eigenvalue weighted by molar-refractivity contribution is 0.510.